The molecule has 2 aromatic rings. The van der Waals surface area contributed by atoms with Crippen molar-refractivity contribution < 1.29 is 31.2 Å². The zero-order valence-corrected chi connectivity index (χ0v) is 22.8. The summed E-state index contributed by atoms with van der Waals surface area (Å²) >= 11 is 12.5. The van der Waals surface area contributed by atoms with Gasteiger partial charge in [0.15, 0.2) is 0 Å². The van der Waals surface area contributed by atoms with Gasteiger partial charge in [-0.3, -0.25) is 13.9 Å². The van der Waals surface area contributed by atoms with Gasteiger partial charge >= 0.3 is 6.18 Å². The number of anilines is 1. The minimum atomic E-state index is -4.72. The van der Waals surface area contributed by atoms with Gasteiger partial charge in [-0.15, -0.1) is 0 Å². The van der Waals surface area contributed by atoms with E-state index in [1.807, 2.05) is 6.92 Å². The quantitative estimate of drug-likeness (QED) is 0.373. The number of unbranched alkanes of at least 4 members (excludes halogenated alkanes) is 1. The van der Waals surface area contributed by atoms with Gasteiger partial charge in [0.2, 0.25) is 21.8 Å². The second-order valence-electron chi connectivity index (χ2n) is 8.36. The highest BCUT2D eigenvalue weighted by Gasteiger charge is 2.34. The summed E-state index contributed by atoms with van der Waals surface area (Å²) in [6.45, 7) is 2.68. The molecule has 37 heavy (non-hydrogen) atoms. The Morgan fingerprint density at radius 3 is 2.22 bits per heavy atom. The first-order valence-corrected chi connectivity index (χ1v) is 13.9. The SMILES string of the molecule is CCCCNC(=O)[C@@H](C)N(Cc1c(Cl)cccc1Cl)C(=O)CN(c1cccc(C(F)(F)F)c1)S(C)(=O)=O. The Bertz CT molecular complexity index is 1210. The number of hydrogen-bond donors (Lipinski definition) is 1. The van der Waals surface area contributed by atoms with E-state index in [4.69, 9.17) is 23.2 Å². The molecule has 204 valence electrons. The third-order valence-corrected chi connectivity index (χ3v) is 7.38. The lowest BCUT2D eigenvalue weighted by molar-refractivity contribution is -0.139. The monoisotopic (exact) mass is 581 g/mol. The molecule has 0 fully saturated rings. The lowest BCUT2D eigenvalue weighted by Gasteiger charge is -2.32. The maximum Gasteiger partial charge on any atom is 0.416 e. The van der Waals surface area contributed by atoms with E-state index in [2.05, 4.69) is 5.32 Å². The van der Waals surface area contributed by atoms with Gasteiger partial charge in [-0.2, -0.15) is 13.2 Å². The van der Waals surface area contributed by atoms with Crippen molar-refractivity contribution in [2.75, 3.05) is 23.7 Å². The number of sulfonamides is 1. The van der Waals surface area contributed by atoms with E-state index in [-0.39, 0.29) is 22.3 Å². The van der Waals surface area contributed by atoms with Crippen molar-refractivity contribution in [3.63, 3.8) is 0 Å². The summed E-state index contributed by atoms with van der Waals surface area (Å²) in [5.41, 5.74) is -1.09. The number of alkyl halides is 3. The van der Waals surface area contributed by atoms with E-state index < -0.39 is 46.2 Å². The van der Waals surface area contributed by atoms with Crippen LogP contribution in [0.15, 0.2) is 42.5 Å². The minimum absolute atomic E-state index is 0.224. The molecular formula is C24H28Cl2F3N3O4S. The summed E-state index contributed by atoms with van der Waals surface area (Å²) in [4.78, 5) is 27.4. The molecule has 0 saturated heterocycles. The van der Waals surface area contributed by atoms with Gasteiger partial charge in [0.05, 0.1) is 17.5 Å². The Morgan fingerprint density at radius 2 is 1.68 bits per heavy atom. The molecule has 7 nitrogen and oxygen atoms in total. The molecule has 0 saturated carbocycles. The smallest absolute Gasteiger partial charge is 0.354 e. The number of amides is 2. The molecule has 0 unspecified atom stereocenters. The van der Waals surface area contributed by atoms with Gasteiger partial charge in [0, 0.05) is 28.7 Å². The summed E-state index contributed by atoms with van der Waals surface area (Å²) in [6, 6.07) is 7.25. The predicted octanol–water partition coefficient (Wildman–Crippen LogP) is 5.11. The molecule has 0 aliphatic heterocycles. The molecule has 2 aromatic carbocycles. The molecular weight excluding hydrogens is 554 g/mol. The Kier molecular flexibility index (Phi) is 10.7. The van der Waals surface area contributed by atoms with Crippen LogP contribution in [0.25, 0.3) is 0 Å². The van der Waals surface area contributed by atoms with Crippen LogP contribution in [0.3, 0.4) is 0 Å². The van der Waals surface area contributed by atoms with Crippen LogP contribution in [0.1, 0.15) is 37.8 Å². The summed E-state index contributed by atoms with van der Waals surface area (Å²) in [6.07, 6.45) is -2.41. The van der Waals surface area contributed by atoms with Crippen LogP contribution in [0.4, 0.5) is 18.9 Å². The van der Waals surface area contributed by atoms with Gasteiger partial charge in [-0.1, -0.05) is 48.7 Å². The van der Waals surface area contributed by atoms with Crippen molar-refractivity contribution in [1.82, 2.24) is 10.2 Å². The summed E-state index contributed by atoms with van der Waals surface area (Å²) in [5.74, 6) is -1.33. The van der Waals surface area contributed by atoms with Gasteiger partial charge in [0.1, 0.15) is 12.6 Å². The number of carbonyl (C=O) groups excluding carboxylic acids is 2. The van der Waals surface area contributed by atoms with Crippen LogP contribution in [-0.2, 0) is 32.3 Å². The summed E-state index contributed by atoms with van der Waals surface area (Å²) in [5, 5.41) is 3.17. The molecule has 0 heterocycles. The van der Waals surface area contributed by atoms with Crippen LogP contribution in [0.2, 0.25) is 10.0 Å². The summed E-state index contributed by atoms with van der Waals surface area (Å²) in [7, 11) is -4.20. The highest BCUT2D eigenvalue weighted by molar-refractivity contribution is 7.92. The van der Waals surface area contributed by atoms with Crippen molar-refractivity contribution in [2.24, 2.45) is 0 Å². The van der Waals surface area contributed by atoms with Crippen LogP contribution in [-0.4, -0.2) is 50.5 Å². The molecule has 0 radical (unpaired) electrons. The molecule has 13 heteroatoms. The van der Waals surface area contributed by atoms with Gasteiger partial charge < -0.3 is 10.2 Å². The second-order valence-corrected chi connectivity index (χ2v) is 11.1. The van der Waals surface area contributed by atoms with Gasteiger partial charge in [-0.05, 0) is 43.7 Å². The zero-order valence-electron chi connectivity index (χ0n) is 20.5. The highest BCUT2D eigenvalue weighted by Crippen LogP contribution is 2.32. The van der Waals surface area contributed by atoms with Gasteiger partial charge in [0.25, 0.3) is 0 Å². The number of carbonyl (C=O) groups is 2. The van der Waals surface area contributed by atoms with Crippen molar-refractivity contribution in [3.8, 4) is 0 Å². The number of nitrogens with zero attached hydrogens (tertiary/aromatic N) is 2. The van der Waals surface area contributed by atoms with E-state index in [1.54, 1.807) is 18.2 Å². The Hall–Kier alpha value is -2.50. The van der Waals surface area contributed by atoms with Crippen LogP contribution in [0.5, 0.6) is 0 Å². The van der Waals surface area contributed by atoms with Crippen LogP contribution < -0.4 is 9.62 Å². The van der Waals surface area contributed by atoms with Crippen LogP contribution >= 0.6 is 23.2 Å². The molecule has 2 amide bonds. The molecule has 0 aliphatic carbocycles. The maximum absolute atomic E-state index is 13.5. The average Bonchev–Trinajstić information content (AvgIpc) is 2.80. The van der Waals surface area contributed by atoms with E-state index >= 15 is 0 Å². The second kappa shape index (κ2) is 12.8. The van der Waals surface area contributed by atoms with E-state index in [0.717, 1.165) is 35.8 Å². The topological polar surface area (TPSA) is 86.8 Å². The molecule has 0 aliphatic rings. The zero-order chi connectivity index (χ0) is 28.0. The Morgan fingerprint density at radius 1 is 1.08 bits per heavy atom. The Balaban J connectivity index is 2.46. The number of benzene rings is 2. The first kappa shape index (κ1) is 30.7. The maximum atomic E-state index is 13.5. The van der Waals surface area contributed by atoms with Crippen LogP contribution in [0, 0.1) is 0 Å². The number of rotatable bonds is 11. The van der Waals surface area contributed by atoms with Crippen molar-refractivity contribution >= 4 is 50.7 Å². The largest absolute Gasteiger partial charge is 0.416 e. The normalized spacial score (nSPS) is 12.6. The number of hydrogen-bond acceptors (Lipinski definition) is 4. The van der Waals surface area contributed by atoms with E-state index in [1.165, 1.54) is 6.92 Å². The van der Waals surface area contributed by atoms with Gasteiger partial charge in [-0.25, -0.2) is 8.42 Å². The standard InChI is InChI=1S/C24H28Cl2F3N3O4S/c1-4-5-12-30-23(34)16(2)31(14-19-20(25)10-7-11-21(19)26)22(33)15-32(37(3,35)36)18-9-6-8-17(13-18)24(27,28)29/h6-11,13,16H,4-5,12,14-15H2,1-3H3,(H,30,34)/t16-/m1/s1. The number of nitrogens with one attached hydrogen (secondary N) is 1. The third-order valence-electron chi connectivity index (χ3n) is 5.53. The lowest BCUT2D eigenvalue weighted by Crippen LogP contribution is -2.51. The molecule has 2 rings (SSSR count). The molecule has 1 N–H and O–H groups in total. The van der Waals surface area contributed by atoms with Crippen molar-refractivity contribution in [2.45, 2.75) is 45.5 Å². The average molecular weight is 582 g/mol. The fourth-order valence-electron chi connectivity index (χ4n) is 3.42. The van der Waals surface area contributed by atoms with E-state index in [0.29, 0.717) is 28.9 Å². The summed E-state index contributed by atoms with van der Waals surface area (Å²) < 4.78 is 65.4. The third kappa shape index (κ3) is 8.51. The fraction of sp³-hybridized carbons (Fsp3) is 0.417. The number of halogens is 5. The fourth-order valence-corrected chi connectivity index (χ4v) is 4.78. The molecule has 0 bridgehead atoms. The molecule has 0 spiro atoms. The Labute approximate surface area is 224 Å². The highest BCUT2D eigenvalue weighted by atomic mass is 35.5. The van der Waals surface area contributed by atoms with Crippen molar-refractivity contribution in [1.29, 1.82) is 0 Å². The first-order valence-electron chi connectivity index (χ1n) is 11.3. The van der Waals surface area contributed by atoms with Crippen molar-refractivity contribution in [3.05, 3.63) is 63.6 Å². The predicted molar refractivity (Wildman–Crippen MR) is 138 cm³/mol. The minimum Gasteiger partial charge on any atom is -0.354 e. The lowest BCUT2D eigenvalue weighted by atomic mass is 10.1. The first-order chi connectivity index (χ1) is 17.2. The van der Waals surface area contributed by atoms with E-state index in [9.17, 15) is 31.2 Å². The molecule has 0 aromatic heterocycles. The molecule has 1 atom stereocenters.